The van der Waals surface area contributed by atoms with Crippen LogP contribution < -0.4 is 11.1 Å². The lowest BCUT2D eigenvalue weighted by Crippen LogP contribution is -2.24. The van der Waals surface area contributed by atoms with Crippen LogP contribution in [0.15, 0.2) is 22.7 Å². The number of nitrogen functional groups attached to an aromatic ring is 1. The molecule has 2 aromatic rings. The Balaban J connectivity index is 2.17. The summed E-state index contributed by atoms with van der Waals surface area (Å²) in [7, 11) is 0. The summed E-state index contributed by atoms with van der Waals surface area (Å²) in [6, 6.07) is 3.74. The number of carbonyl (C=O) groups is 1. The first-order chi connectivity index (χ1) is 9.90. The van der Waals surface area contributed by atoms with Crippen molar-refractivity contribution in [2.24, 2.45) is 0 Å². The van der Waals surface area contributed by atoms with E-state index in [1.165, 1.54) is 12.1 Å². The Hall–Kier alpha value is -2.90. The lowest BCUT2D eigenvalue weighted by Gasteiger charge is -2.07. The third-order valence-corrected chi connectivity index (χ3v) is 3.10. The maximum Gasteiger partial charge on any atom is 0.270 e. The standard InChI is InChI=1S/C13H14N4O4/c1-7-11(8(2)21-16-7)6-15-13(18)10-5-9(17(19)20)3-4-12(10)14/h3-5H,6,14H2,1-2H3,(H,15,18). The van der Waals surface area contributed by atoms with Gasteiger partial charge in [-0.1, -0.05) is 5.16 Å². The predicted octanol–water partition coefficient (Wildman–Crippen LogP) is 1.71. The zero-order valence-corrected chi connectivity index (χ0v) is 11.5. The van der Waals surface area contributed by atoms with Crippen LogP contribution in [0.3, 0.4) is 0 Å². The van der Waals surface area contributed by atoms with Crippen LogP contribution in [-0.4, -0.2) is 16.0 Å². The molecule has 8 heteroatoms. The minimum Gasteiger partial charge on any atom is -0.398 e. The largest absolute Gasteiger partial charge is 0.398 e. The van der Waals surface area contributed by atoms with Crippen molar-refractivity contribution in [3.63, 3.8) is 0 Å². The van der Waals surface area contributed by atoms with Crippen LogP contribution in [0.4, 0.5) is 11.4 Å². The molecule has 0 spiro atoms. The molecule has 0 saturated carbocycles. The van der Waals surface area contributed by atoms with Gasteiger partial charge >= 0.3 is 0 Å². The Morgan fingerprint density at radius 2 is 2.19 bits per heavy atom. The molecule has 0 aliphatic carbocycles. The Kier molecular flexibility index (Phi) is 3.88. The fraction of sp³-hybridized carbons (Fsp3) is 0.231. The molecule has 0 aliphatic heterocycles. The van der Waals surface area contributed by atoms with E-state index < -0.39 is 10.8 Å². The maximum atomic E-state index is 12.1. The summed E-state index contributed by atoms with van der Waals surface area (Å²) in [6.45, 7) is 3.71. The number of aromatic nitrogens is 1. The molecular formula is C13H14N4O4. The molecule has 1 amide bonds. The smallest absolute Gasteiger partial charge is 0.270 e. The number of hydrogen-bond acceptors (Lipinski definition) is 6. The average molecular weight is 290 g/mol. The number of hydrogen-bond donors (Lipinski definition) is 2. The van der Waals surface area contributed by atoms with Crippen molar-refractivity contribution in [3.05, 3.63) is 50.9 Å². The second-order valence-corrected chi connectivity index (χ2v) is 4.51. The van der Waals surface area contributed by atoms with E-state index in [4.69, 9.17) is 10.3 Å². The molecule has 21 heavy (non-hydrogen) atoms. The van der Waals surface area contributed by atoms with E-state index >= 15 is 0 Å². The number of anilines is 1. The quantitative estimate of drug-likeness (QED) is 0.501. The average Bonchev–Trinajstić information content (AvgIpc) is 2.75. The molecule has 1 aromatic carbocycles. The molecule has 0 unspecified atom stereocenters. The zero-order chi connectivity index (χ0) is 15.6. The normalized spacial score (nSPS) is 10.4. The molecule has 0 radical (unpaired) electrons. The van der Waals surface area contributed by atoms with Crippen LogP contribution in [-0.2, 0) is 6.54 Å². The van der Waals surface area contributed by atoms with E-state index in [2.05, 4.69) is 10.5 Å². The molecule has 1 heterocycles. The van der Waals surface area contributed by atoms with E-state index in [0.29, 0.717) is 11.5 Å². The van der Waals surface area contributed by atoms with Gasteiger partial charge in [-0.15, -0.1) is 0 Å². The number of benzene rings is 1. The second-order valence-electron chi connectivity index (χ2n) is 4.51. The summed E-state index contributed by atoms with van der Waals surface area (Å²) < 4.78 is 4.99. The maximum absolute atomic E-state index is 12.1. The van der Waals surface area contributed by atoms with Crippen molar-refractivity contribution in [2.45, 2.75) is 20.4 Å². The van der Waals surface area contributed by atoms with Gasteiger partial charge in [-0.05, 0) is 19.9 Å². The number of amides is 1. The molecule has 0 bridgehead atoms. The van der Waals surface area contributed by atoms with Crippen molar-refractivity contribution in [3.8, 4) is 0 Å². The van der Waals surface area contributed by atoms with Gasteiger partial charge in [-0.3, -0.25) is 14.9 Å². The Morgan fingerprint density at radius 3 is 2.76 bits per heavy atom. The molecular weight excluding hydrogens is 276 g/mol. The minimum atomic E-state index is -0.579. The zero-order valence-electron chi connectivity index (χ0n) is 11.5. The van der Waals surface area contributed by atoms with Crippen LogP contribution in [0.25, 0.3) is 0 Å². The number of nitrogens with zero attached hydrogens (tertiary/aromatic N) is 2. The van der Waals surface area contributed by atoms with Gasteiger partial charge in [-0.25, -0.2) is 0 Å². The van der Waals surface area contributed by atoms with Gasteiger partial charge in [0.25, 0.3) is 11.6 Å². The predicted molar refractivity (Wildman–Crippen MR) is 74.7 cm³/mol. The molecule has 0 saturated heterocycles. The van der Waals surface area contributed by atoms with Gasteiger partial charge in [0.05, 0.1) is 16.2 Å². The highest BCUT2D eigenvalue weighted by atomic mass is 16.6. The number of nitrogens with two attached hydrogens (primary N) is 1. The fourth-order valence-corrected chi connectivity index (χ4v) is 1.87. The third kappa shape index (κ3) is 2.99. The van der Waals surface area contributed by atoms with Gasteiger partial charge < -0.3 is 15.6 Å². The first-order valence-corrected chi connectivity index (χ1v) is 6.14. The second kappa shape index (κ2) is 5.61. The molecule has 0 atom stereocenters. The van der Waals surface area contributed by atoms with E-state index in [9.17, 15) is 14.9 Å². The molecule has 110 valence electrons. The third-order valence-electron chi connectivity index (χ3n) is 3.10. The van der Waals surface area contributed by atoms with Gasteiger partial charge in [0, 0.05) is 29.9 Å². The van der Waals surface area contributed by atoms with Crippen LogP contribution in [0.1, 0.15) is 27.4 Å². The van der Waals surface area contributed by atoms with Gasteiger partial charge in [-0.2, -0.15) is 0 Å². The topological polar surface area (TPSA) is 124 Å². The molecule has 1 aromatic heterocycles. The summed E-state index contributed by atoms with van der Waals surface area (Å²) in [4.78, 5) is 22.2. The number of nitro groups is 1. The molecule has 3 N–H and O–H groups in total. The SMILES string of the molecule is Cc1noc(C)c1CNC(=O)c1cc([N+](=O)[O-])ccc1N. The number of carbonyl (C=O) groups excluding carboxylic acids is 1. The number of nitrogens with one attached hydrogen (secondary N) is 1. The Labute approximate surface area is 120 Å². The first kappa shape index (κ1) is 14.5. The van der Waals surface area contributed by atoms with Crippen molar-refractivity contribution in [1.82, 2.24) is 10.5 Å². The van der Waals surface area contributed by atoms with Crippen molar-refractivity contribution < 1.29 is 14.2 Å². The van der Waals surface area contributed by atoms with Gasteiger partial charge in [0.1, 0.15) is 5.76 Å². The van der Waals surface area contributed by atoms with Crippen LogP contribution in [0.5, 0.6) is 0 Å². The van der Waals surface area contributed by atoms with Crippen LogP contribution >= 0.6 is 0 Å². The highest BCUT2D eigenvalue weighted by Crippen LogP contribution is 2.20. The highest BCUT2D eigenvalue weighted by Gasteiger charge is 2.16. The fourth-order valence-electron chi connectivity index (χ4n) is 1.87. The lowest BCUT2D eigenvalue weighted by atomic mass is 10.1. The van der Waals surface area contributed by atoms with E-state index in [0.717, 1.165) is 11.6 Å². The molecule has 0 aliphatic rings. The molecule has 8 nitrogen and oxygen atoms in total. The summed E-state index contributed by atoms with van der Waals surface area (Å²) in [5.41, 5.74) is 7.19. The van der Waals surface area contributed by atoms with Gasteiger partial charge in [0.15, 0.2) is 0 Å². The van der Waals surface area contributed by atoms with E-state index in [-0.39, 0.29) is 23.5 Å². The molecule has 2 rings (SSSR count). The van der Waals surface area contributed by atoms with Crippen LogP contribution in [0.2, 0.25) is 0 Å². The highest BCUT2D eigenvalue weighted by molar-refractivity contribution is 5.99. The summed E-state index contributed by atoms with van der Waals surface area (Å²) in [6.07, 6.45) is 0. The summed E-state index contributed by atoms with van der Waals surface area (Å²) in [5.74, 6) is 0.121. The number of nitro benzene ring substituents is 1. The Bertz CT molecular complexity index is 689. The molecule has 0 fully saturated rings. The van der Waals surface area contributed by atoms with E-state index in [1.807, 2.05) is 0 Å². The monoisotopic (exact) mass is 290 g/mol. The van der Waals surface area contributed by atoms with Gasteiger partial charge in [0.2, 0.25) is 0 Å². The summed E-state index contributed by atoms with van der Waals surface area (Å²) >= 11 is 0. The summed E-state index contributed by atoms with van der Waals surface area (Å²) in [5, 5.41) is 17.2. The first-order valence-electron chi connectivity index (χ1n) is 6.14. The van der Waals surface area contributed by atoms with Crippen molar-refractivity contribution >= 4 is 17.3 Å². The minimum absolute atomic E-state index is 0.0657. The van der Waals surface area contributed by atoms with E-state index in [1.54, 1.807) is 13.8 Å². The number of non-ortho nitro benzene ring substituents is 1. The number of rotatable bonds is 4. The van der Waals surface area contributed by atoms with Crippen LogP contribution in [0, 0.1) is 24.0 Å². The number of aryl methyl sites for hydroxylation is 2. The Morgan fingerprint density at radius 1 is 1.48 bits per heavy atom. The van der Waals surface area contributed by atoms with Crippen molar-refractivity contribution in [1.29, 1.82) is 0 Å². The lowest BCUT2D eigenvalue weighted by molar-refractivity contribution is -0.384. The van der Waals surface area contributed by atoms with Crippen molar-refractivity contribution in [2.75, 3.05) is 5.73 Å².